The number of aryl methyl sites for hydroxylation is 1. The molecule has 1 aromatic heterocycles. The minimum absolute atomic E-state index is 0.598. The lowest BCUT2D eigenvalue weighted by Crippen LogP contribution is -2.06. The highest BCUT2D eigenvalue weighted by atomic mass is 32.2. The van der Waals surface area contributed by atoms with Crippen molar-refractivity contribution in [2.45, 2.75) is 75.0 Å². The Morgan fingerprint density at radius 2 is 1.69 bits per heavy atom. The Bertz CT molecular complexity index is 1660. The van der Waals surface area contributed by atoms with Gasteiger partial charge in [0.1, 0.15) is 0 Å². The average molecular weight is 488 g/mol. The summed E-state index contributed by atoms with van der Waals surface area (Å²) in [5.74, 6) is 1.31. The van der Waals surface area contributed by atoms with E-state index in [4.69, 9.17) is 4.98 Å². The minimum Gasteiger partial charge on any atom is -0.255 e. The zero-order valence-corrected chi connectivity index (χ0v) is 22.3. The lowest BCUT2D eigenvalue weighted by molar-refractivity contribution is 0.444. The van der Waals surface area contributed by atoms with Gasteiger partial charge in [0.15, 0.2) is 0 Å². The molecular weight excluding hydrogens is 454 g/mol. The first-order valence-electron chi connectivity index (χ1n) is 13.7. The van der Waals surface area contributed by atoms with Gasteiger partial charge in [-0.15, -0.1) is 0 Å². The lowest BCUT2D eigenvalue weighted by atomic mass is 9.83. The first-order valence-corrected chi connectivity index (χ1v) is 14.5. The van der Waals surface area contributed by atoms with Gasteiger partial charge in [-0.2, -0.15) is 0 Å². The minimum atomic E-state index is 0.598. The molecule has 5 aromatic rings. The summed E-state index contributed by atoms with van der Waals surface area (Å²) in [7, 11) is 0. The normalized spacial score (nSPS) is 15.8. The number of pyridine rings is 1. The zero-order chi connectivity index (χ0) is 24.4. The molecule has 0 unspecified atom stereocenters. The molecule has 0 amide bonds. The maximum atomic E-state index is 5.07. The Hall–Kier alpha value is -2.84. The van der Waals surface area contributed by atoms with Gasteiger partial charge in [0, 0.05) is 26.9 Å². The molecule has 0 saturated heterocycles. The summed E-state index contributed by atoms with van der Waals surface area (Å²) in [6.45, 7) is 6.96. The van der Waals surface area contributed by atoms with Gasteiger partial charge < -0.3 is 0 Å². The number of nitrogens with zero attached hydrogens (tertiary/aromatic N) is 1. The molecule has 0 atom stereocenters. The topological polar surface area (TPSA) is 12.9 Å². The van der Waals surface area contributed by atoms with Crippen LogP contribution >= 0.6 is 11.8 Å². The molecule has 36 heavy (non-hydrogen) atoms. The second kappa shape index (κ2) is 8.63. The second-order valence-corrected chi connectivity index (χ2v) is 12.4. The summed E-state index contributed by atoms with van der Waals surface area (Å²) in [6, 6.07) is 21.0. The van der Waals surface area contributed by atoms with Gasteiger partial charge in [0.05, 0.1) is 5.69 Å². The lowest BCUT2D eigenvalue weighted by Gasteiger charge is -2.27. The standard InChI is InChI=1S/C34H33NS/c1-20(2)17-29-26-12-8-7-11-25(26)21(3)31-33-32-27(15-16-35-33)28-18-23(22-9-5-4-6-10-22)13-14-24(28)19-30(32)36-34(29)31/h7-8,11-16,18-20,22H,4-6,9-10,17H2,1-3H3. The average Bonchev–Trinajstić information content (AvgIpc) is 2.91. The van der Waals surface area contributed by atoms with Gasteiger partial charge in [0.2, 0.25) is 0 Å². The van der Waals surface area contributed by atoms with Crippen molar-refractivity contribution in [2.75, 3.05) is 0 Å². The maximum absolute atomic E-state index is 5.07. The van der Waals surface area contributed by atoms with Crippen molar-refractivity contribution in [3.8, 4) is 11.3 Å². The van der Waals surface area contributed by atoms with Gasteiger partial charge >= 0.3 is 0 Å². The third-order valence-corrected chi connectivity index (χ3v) is 9.72. The molecule has 0 spiro atoms. The molecule has 1 nitrogen and oxygen atoms in total. The van der Waals surface area contributed by atoms with Crippen LogP contribution < -0.4 is 0 Å². The summed E-state index contributed by atoms with van der Waals surface area (Å²) in [4.78, 5) is 7.85. The van der Waals surface area contributed by atoms with Crippen LogP contribution in [0, 0.1) is 12.8 Å². The largest absolute Gasteiger partial charge is 0.255 e. The number of aromatic nitrogens is 1. The highest BCUT2D eigenvalue weighted by Crippen LogP contribution is 2.53. The highest BCUT2D eigenvalue weighted by molar-refractivity contribution is 8.00. The van der Waals surface area contributed by atoms with Crippen LogP contribution in [-0.2, 0) is 6.42 Å². The van der Waals surface area contributed by atoms with Gasteiger partial charge in [-0.05, 0) is 93.8 Å². The van der Waals surface area contributed by atoms with E-state index in [1.54, 1.807) is 0 Å². The van der Waals surface area contributed by atoms with Crippen LogP contribution in [0.4, 0.5) is 0 Å². The predicted octanol–water partition coefficient (Wildman–Crippen LogP) is 10.2. The van der Waals surface area contributed by atoms with Crippen molar-refractivity contribution < 1.29 is 0 Å². The van der Waals surface area contributed by atoms with E-state index in [2.05, 4.69) is 75.4 Å². The van der Waals surface area contributed by atoms with Crippen molar-refractivity contribution in [2.24, 2.45) is 5.92 Å². The molecule has 2 heteroatoms. The van der Waals surface area contributed by atoms with Gasteiger partial charge in [-0.25, -0.2) is 0 Å². The molecule has 1 aliphatic carbocycles. The van der Waals surface area contributed by atoms with Gasteiger partial charge in [-0.1, -0.05) is 87.3 Å². The van der Waals surface area contributed by atoms with Crippen LogP contribution in [0.1, 0.15) is 68.6 Å². The Morgan fingerprint density at radius 1 is 0.889 bits per heavy atom. The Balaban J connectivity index is 1.52. The number of hydrogen-bond acceptors (Lipinski definition) is 2. The Kier molecular flexibility index (Phi) is 5.36. The van der Waals surface area contributed by atoms with E-state index in [-0.39, 0.29) is 0 Å². The van der Waals surface area contributed by atoms with E-state index in [9.17, 15) is 0 Å². The van der Waals surface area contributed by atoms with Crippen LogP contribution in [0.3, 0.4) is 0 Å². The fourth-order valence-corrected chi connectivity index (χ4v) is 8.19. The molecule has 0 N–H and O–H groups in total. The summed E-state index contributed by atoms with van der Waals surface area (Å²) < 4.78 is 0. The smallest absolute Gasteiger partial charge is 0.0806 e. The van der Waals surface area contributed by atoms with Crippen molar-refractivity contribution >= 4 is 44.1 Å². The first-order chi connectivity index (χ1) is 17.6. The van der Waals surface area contributed by atoms with Crippen molar-refractivity contribution in [1.29, 1.82) is 0 Å². The third-order valence-electron chi connectivity index (χ3n) is 8.52. The van der Waals surface area contributed by atoms with E-state index in [1.807, 2.05) is 18.0 Å². The van der Waals surface area contributed by atoms with E-state index in [0.29, 0.717) is 5.92 Å². The van der Waals surface area contributed by atoms with Crippen LogP contribution in [0.15, 0.2) is 70.6 Å². The molecule has 1 saturated carbocycles. The Morgan fingerprint density at radius 3 is 2.50 bits per heavy atom. The van der Waals surface area contributed by atoms with Crippen LogP contribution in [0.5, 0.6) is 0 Å². The summed E-state index contributed by atoms with van der Waals surface area (Å²) >= 11 is 1.98. The van der Waals surface area contributed by atoms with Crippen LogP contribution in [0.25, 0.3) is 43.6 Å². The molecule has 0 bridgehead atoms. The number of fused-ring (bicyclic) bond motifs is 5. The molecule has 7 rings (SSSR count). The molecular formula is C34H33NS. The quantitative estimate of drug-likeness (QED) is 0.230. The second-order valence-electron chi connectivity index (χ2n) is 11.3. The van der Waals surface area contributed by atoms with Crippen molar-refractivity contribution in [1.82, 2.24) is 4.98 Å². The molecule has 1 fully saturated rings. The molecule has 1 aliphatic heterocycles. The van der Waals surface area contributed by atoms with Crippen LogP contribution in [-0.4, -0.2) is 4.98 Å². The molecule has 180 valence electrons. The first kappa shape index (κ1) is 22.4. The fourth-order valence-electron chi connectivity index (χ4n) is 6.81. The SMILES string of the molecule is Cc1c2c(c(CC(C)C)c3ccccc13)Sc1cc3ccc(C4CCCCC4)cc3c3ccnc-2c13. The van der Waals surface area contributed by atoms with E-state index < -0.39 is 0 Å². The molecule has 2 heterocycles. The maximum Gasteiger partial charge on any atom is 0.0806 e. The monoisotopic (exact) mass is 487 g/mol. The highest BCUT2D eigenvalue weighted by Gasteiger charge is 2.28. The zero-order valence-electron chi connectivity index (χ0n) is 21.5. The molecule has 4 aromatic carbocycles. The predicted molar refractivity (Wildman–Crippen MR) is 155 cm³/mol. The van der Waals surface area contributed by atoms with E-state index in [0.717, 1.165) is 12.3 Å². The van der Waals surface area contributed by atoms with E-state index in [1.165, 1.54) is 102 Å². The Labute approximate surface area is 218 Å². The summed E-state index contributed by atoms with van der Waals surface area (Å²) in [5, 5.41) is 8.23. The van der Waals surface area contributed by atoms with Gasteiger partial charge in [0.25, 0.3) is 0 Å². The number of benzene rings is 4. The third kappa shape index (κ3) is 3.41. The number of rotatable bonds is 3. The molecule has 0 radical (unpaired) electrons. The van der Waals surface area contributed by atoms with Crippen molar-refractivity contribution in [3.05, 3.63) is 77.5 Å². The van der Waals surface area contributed by atoms with Gasteiger partial charge in [-0.3, -0.25) is 4.98 Å². The van der Waals surface area contributed by atoms with Crippen molar-refractivity contribution in [3.63, 3.8) is 0 Å². The number of hydrogen-bond donors (Lipinski definition) is 0. The van der Waals surface area contributed by atoms with E-state index >= 15 is 0 Å². The summed E-state index contributed by atoms with van der Waals surface area (Å²) in [5.41, 5.74) is 6.91. The van der Waals surface area contributed by atoms with Crippen LogP contribution in [0.2, 0.25) is 0 Å². The summed E-state index contributed by atoms with van der Waals surface area (Å²) in [6.07, 6.45) is 9.94. The molecule has 2 aliphatic rings. The fraction of sp³-hybridized carbons (Fsp3) is 0.324.